The van der Waals surface area contributed by atoms with E-state index in [2.05, 4.69) is 15.5 Å². The van der Waals surface area contributed by atoms with Crippen LogP contribution in [0, 0.1) is 10.1 Å². The number of nitro benzene ring substituents is 1. The second-order valence-corrected chi connectivity index (χ2v) is 3.83. The van der Waals surface area contributed by atoms with Crippen molar-refractivity contribution in [3.8, 4) is 5.75 Å². The van der Waals surface area contributed by atoms with Crippen LogP contribution in [0.3, 0.4) is 0 Å². The number of hydrogen-bond donors (Lipinski definition) is 2. The standard InChI is InChI=1S/C12H14N4O5/c1-7(17)11(12(18)13-2)15-14-9-5-4-8(16(19)20)6-10(9)21-3/h4-6,17H,1-3H3,(H,13,18)/b11-7-,15-14?. The summed E-state index contributed by atoms with van der Waals surface area (Å²) in [6.45, 7) is 1.29. The summed E-state index contributed by atoms with van der Waals surface area (Å²) in [5, 5.41) is 29.8. The highest BCUT2D eigenvalue weighted by Crippen LogP contribution is 2.32. The first kappa shape index (κ1) is 16.1. The number of nitrogens with zero attached hydrogens (tertiary/aromatic N) is 3. The minimum atomic E-state index is -0.611. The molecule has 0 unspecified atom stereocenters. The molecule has 9 heteroatoms. The molecule has 1 aromatic rings. The van der Waals surface area contributed by atoms with E-state index in [0.717, 1.165) is 0 Å². The fourth-order valence-corrected chi connectivity index (χ4v) is 1.37. The number of amides is 1. The van der Waals surface area contributed by atoms with Crippen LogP contribution < -0.4 is 10.1 Å². The minimum absolute atomic E-state index is 0.125. The lowest BCUT2D eigenvalue weighted by Crippen LogP contribution is -2.20. The second kappa shape index (κ2) is 6.98. The molecule has 1 amide bonds. The zero-order valence-corrected chi connectivity index (χ0v) is 11.7. The molecule has 0 radical (unpaired) electrons. The quantitative estimate of drug-likeness (QED) is 0.283. The molecule has 0 fully saturated rings. The lowest BCUT2D eigenvalue weighted by Gasteiger charge is -2.04. The molecule has 21 heavy (non-hydrogen) atoms. The zero-order valence-electron chi connectivity index (χ0n) is 11.7. The summed E-state index contributed by atoms with van der Waals surface area (Å²) in [5.74, 6) is -0.793. The van der Waals surface area contributed by atoms with Gasteiger partial charge in [-0.15, -0.1) is 10.2 Å². The van der Waals surface area contributed by atoms with E-state index >= 15 is 0 Å². The number of rotatable bonds is 5. The van der Waals surface area contributed by atoms with Crippen LogP contribution in [-0.4, -0.2) is 30.1 Å². The number of benzene rings is 1. The number of methoxy groups -OCH3 is 1. The molecule has 0 aliphatic heterocycles. The van der Waals surface area contributed by atoms with Gasteiger partial charge in [-0.25, -0.2) is 0 Å². The van der Waals surface area contributed by atoms with Gasteiger partial charge in [0.15, 0.2) is 11.4 Å². The summed E-state index contributed by atoms with van der Waals surface area (Å²) in [4.78, 5) is 21.6. The topological polar surface area (TPSA) is 126 Å². The number of azo groups is 1. The summed E-state index contributed by atoms with van der Waals surface area (Å²) in [7, 11) is 2.71. The lowest BCUT2D eigenvalue weighted by atomic mass is 10.2. The van der Waals surface area contributed by atoms with E-state index in [0.29, 0.717) is 0 Å². The van der Waals surface area contributed by atoms with Crippen LogP contribution in [-0.2, 0) is 4.79 Å². The molecular weight excluding hydrogens is 280 g/mol. The van der Waals surface area contributed by atoms with Gasteiger partial charge in [-0.1, -0.05) is 0 Å². The van der Waals surface area contributed by atoms with E-state index in [-0.39, 0.29) is 28.6 Å². The predicted octanol–water partition coefficient (Wildman–Crippen LogP) is 2.22. The number of aliphatic hydroxyl groups is 1. The smallest absolute Gasteiger partial charge is 0.275 e. The first-order valence-electron chi connectivity index (χ1n) is 5.76. The highest BCUT2D eigenvalue weighted by atomic mass is 16.6. The van der Waals surface area contributed by atoms with Crippen LogP contribution in [0.25, 0.3) is 0 Å². The molecule has 0 atom stereocenters. The van der Waals surface area contributed by atoms with Crippen LogP contribution in [0.1, 0.15) is 6.92 Å². The molecule has 1 rings (SSSR count). The Hall–Kier alpha value is -2.97. The predicted molar refractivity (Wildman–Crippen MR) is 73.6 cm³/mol. The van der Waals surface area contributed by atoms with Gasteiger partial charge in [0.1, 0.15) is 11.4 Å². The fourth-order valence-electron chi connectivity index (χ4n) is 1.37. The Balaban J connectivity index is 3.18. The molecule has 112 valence electrons. The van der Waals surface area contributed by atoms with Gasteiger partial charge in [-0.2, -0.15) is 0 Å². The van der Waals surface area contributed by atoms with Gasteiger partial charge in [-0.3, -0.25) is 14.9 Å². The van der Waals surface area contributed by atoms with Crippen LogP contribution >= 0.6 is 0 Å². The summed E-state index contributed by atoms with van der Waals surface area (Å²) in [6, 6.07) is 3.74. The third-order valence-corrected chi connectivity index (χ3v) is 2.42. The second-order valence-electron chi connectivity index (χ2n) is 3.83. The van der Waals surface area contributed by atoms with E-state index in [9.17, 15) is 20.0 Å². The molecule has 0 aliphatic carbocycles. The van der Waals surface area contributed by atoms with Crippen molar-refractivity contribution < 1.29 is 19.6 Å². The molecule has 9 nitrogen and oxygen atoms in total. The van der Waals surface area contributed by atoms with E-state index < -0.39 is 10.8 Å². The Labute approximate surface area is 120 Å². The van der Waals surface area contributed by atoms with Gasteiger partial charge in [0.25, 0.3) is 11.6 Å². The number of hydrogen-bond acceptors (Lipinski definition) is 7. The van der Waals surface area contributed by atoms with Gasteiger partial charge in [0.05, 0.1) is 18.1 Å². The van der Waals surface area contributed by atoms with E-state index in [1.54, 1.807) is 0 Å². The number of allylic oxidation sites excluding steroid dienone is 1. The number of carbonyl (C=O) groups excluding carboxylic acids is 1. The van der Waals surface area contributed by atoms with E-state index in [1.165, 1.54) is 39.3 Å². The number of non-ortho nitro benzene ring substituents is 1. The maximum Gasteiger partial charge on any atom is 0.275 e. The van der Waals surface area contributed by atoms with Gasteiger partial charge in [-0.05, 0) is 13.0 Å². The first-order chi connectivity index (χ1) is 9.90. The van der Waals surface area contributed by atoms with Crippen molar-refractivity contribution in [1.82, 2.24) is 5.32 Å². The number of aliphatic hydroxyl groups excluding tert-OH is 1. The van der Waals surface area contributed by atoms with Crippen molar-refractivity contribution in [3.05, 3.63) is 39.8 Å². The van der Waals surface area contributed by atoms with Crippen molar-refractivity contribution in [3.63, 3.8) is 0 Å². The average molecular weight is 294 g/mol. The molecule has 0 aliphatic rings. The Morgan fingerprint density at radius 2 is 2.14 bits per heavy atom. The highest BCUT2D eigenvalue weighted by Gasteiger charge is 2.13. The van der Waals surface area contributed by atoms with Crippen LogP contribution in [0.2, 0.25) is 0 Å². The summed E-state index contributed by atoms with van der Waals surface area (Å²) in [6.07, 6.45) is 0. The highest BCUT2D eigenvalue weighted by molar-refractivity contribution is 5.93. The number of nitrogens with one attached hydrogen (secondary N) is 1. The van der Waals surface area contributed by atoms with E-state index in [1.807, 2.05) is 0 Å². The third-order valence-electron chi connectivity index (χ3n) is 2.42. The molecule has 0 heterocycles. The maximum atomic E-state index is 11.5. The number of ether oxygens (including phenoxy) is 1. The van der Waals surface area contributed by atoms with Crippen LogP contribution in [0.5, 0.6) is 5.75 Å². The molecule has 2 N–H and O–H groups in total. The molecular formula is C12H14N4O5. The van der Waals surface area contributed by atoms with Crippen molar-refractivity contribution in [2.45, 2.75) is 6.92 Å². The first-order valence-corrected chi connectivity index (χ1v) is 5.76. The van der Waals surface area contributed by atoms with Gasteiger partial charge in [0.2, 0.25) is 0 Å². The van der Waals surface area contributed by atoms with Crippen LogP contribution in [0.4, 0.5) is 11.4 Å². The lowest BCUT2D eigenvalue weighted by molar-refractivity contribution is -0.384. The van der Waals surface area contributed by atoms with Gasteiger partial charge < -0.3 is 15.2 Å². The zero-order chi connectivity index (χ0) is 16.0. The van der Waals surface area contributed by atoms with Crippen molar-refractivity contribution in [1.29, 1.82) is 0 Å². The van der Waals surface area contributed by atoms with Crippen molar-refractivity contribution in [2.75, 3.05) is 14.2 Å². The average Bonchev–Trinajstić information content (AvgIpc) is 2.46. The summed E-state index contributed by atoms with van der Waals surface area (Å²) >= 11 is 0. The molecule has 0 bridgehead atoms. The number of nitro groups is 1. The van der Waals surface area contributed by atoms with Gasteiger partial charge in [0, 0.05) is 13.1 Å². The normalized spacial score (nSPS) is 12.0. The van der Waals surface area contributed by atoms with Crippen molar-refractivity contribution >= 4 is 17.3 Å². The minimum Gasteiger partial charge on any atom is -0.510 e. The largest absolute Gasteiger partial charge is 0.510 e. The number of carbonyl (C=O) groups is 1. The fraction of sp³-hybridized carbons (Fsp3) is 0.250. The van der Waals surface area contributed by atoms with Crippen molar-refractivity contribution in [2.24, 2.45) is 10.2 Å². The Bertz CT molecular complexity index is 620. The molecule has 0 saturated heterocycles. The van der Waals surface area contributed by atoms with E-state index in [4.69, 9.17) is 4.74 Å². The van der Waals surface area contributed by atoms with Gasteiger partial charge >= 0.3 is 0 Å². The third kappa shape index (κ3) is 4.00. The Morgan fingerprint density at radius 1 is 1.48 bits per heavy atom. The molecule has 1 aromatic carbocycles. The monoisotopic (exact) mass is 294 g/mol. The molecule has 0 spiro atoms. The summed E-state index contributed by atoms with van der Waals surface area (Å²) < 4.78 is 4.98. The molecule has 0 aromatic heterocycles. The van der Waals surface area contributed by atoms with Crippen LogP contribution in [0.15, 0.2) is 39.9 Å². The Morgan fingerprint density at radius 3 is 2.62 bits per heavy atom. The summed E-state index contributed by atoms with van der Waals surface area (Å²) in [5.41, 5.74) is -0.241. The Kier molecular flexibility index (Phi) is 5.35. The SMILES string of the molecule is CNC(=O)/C(N=Nc1ccc([N+](=O)[O-])cc1OC)=C(\C)O. The maximum absolute atomic E-state index is 11.5. The number of likely N-dealkylation sites (N-methyl/N-ethyl adjacent to an activating group) is 1. The molecule has 0 saturated carbocycles.